The molecule has 0 aliphatic heterocycles. The van der Waals surface area contributed by atoms with Crippen molar-refractivity contribution >= 4 is 20.2 Å². The molecule has 0 saturated heterocycles. The van der Waals surface area contributed by atoms with Crippen LogP contribution in [0.25, 0.3) is 0 Å². The molecule has 15 atom stereocenters. The van der Waals surface area contributed by atoms with Crippen LogP contribution in [0.4, 0.5) is 0 Å². The van der Waals surface area contributed by atoms with Crippen molar-refractivity contribution in [2.75, 3.05) is 0 Å². The molecule has 0 radical (unpaired) electrons. The lowest BCUT2D eigenvalue weighted by atomic mass is 9.66. The Morgan fingerprint density at radius 2 is 1.04 bits per heavy atom. The van der Waals surface area contributed by atoms with Gasteiger partial charge in [0.25, 0.3) is 0 Å². The molecule has 46 heavy (non-hydrogen) atoms. The standard InChI is InChI=1S/C16H26O3S.C16H24O3S.2C2H6.2CH4/c2*1-16(2,20(17,18)19)8-12-6-11-7-13(12)15-10-4-3-9(5-10)14(11)15;2*1-2;;/h9-15H,3-8H2,1-2H3,(H,17,18,19);3-4,9-15H,5-8H2,1-2H3,(H,17,18,19);2*1-2H3;2*1H4/p-1. The molecule has 8 aliphatic rings. The fourth-order valence-corrected chi connectivity index (χ4v) is 13.6. The fraction of sp³-hybridized carbons (Fsp3) is 0.947. The van der Waals surface area contributed by atoms with E-state index in [4.69, 9.17) is 0 Å². The molecular formula is C38H69O6S2-. The molecule has 0 aromatic heterocycles. The van der Waals surface area contributed by atoms with Gasteiger partial charge in [0.2, 0.25) is 10.1 Å². The van der Waals surface area contributed by atoms with Crippen LogP contribution in [0, 0.1) is 82.9 Å². The Morgan fingerprint density at radius 1 is 0.609 bits per heavy atom. The Labute approximate surface area is 284 Å². The monoisotopic (exact) mass is 685 g/mol. The van der Waals surface area contributed by atoms with Crippen LogP contribution in [0.1, 0.15) is 134 Å². The molecule has 8 bridgehead atoms. The van der Waals surface area contributed by atoms with Crippen LogP contribution in [-0.4, -0.2) is 35.4 Å². The highest BCUT2D eigenvalue weighted by Gasteiger charge is 2.63. The second-order valence-corrected chi connectivity index (χ2v) is 20.8. The Hall–Kier alpha value is -0.440. The van der Waals surface area contributed by atoms with Crippen LogP contribution in [-0.2, 0) is 20.2 Å². The minimum atomic E-state index is -4.19. The van der Waals surface area contributed by atoms with Gasteiger partial charge in [-0.2, -0.15) is 4.21 Å². The molecule has 0 heterocycles. The van der Waals surface area contributed by atoms with E-state index >= 15 is 0 Å². The van der Waals surface area contributed by atoms with Crippen molar-refractivity contribution in [2.45, 2.75) is 144 Å². The number of rotatable bonds is 6. The topological polar surface area (TPSA) is 119 Å². The number of allylic oxidation sites excluding steroid dienone is 2. The van der Waals surface area contributed by atoms with Crippen LogP contribution in [0.15, 0.2) is 12.2 Å². The van der Waals surface area contributed by atoms with Crippen LogP contribution in [0.3, 0.4) is 0 Å². The summed E-state index contributed by atoms with van der Waals surface area (Å²) in [6.45, 7) is 14.6. The second kappa shape index (κ2) is 14.1. The van der Waals surface area contributed by atoms with Crippen LogP contribution in [0.5, 0.6) is 0 Å². The molecule has 15 unspecified atom stereocenters. The Balaban J connectivity index is 0.000000218. The van der Waals surface area contributed by atoms with Gasteiger partial charge >= 0.3 is 0 Å². The van der Waals surface area contributed by atoms with E-state index in [0.717, 1.165) is 65.1 Å². The maximum absolute atomic E-state index is 11.5. The lowest BCUT2D eigenvalue weighted by Crippen LogP contribution is -2.39. The highest BCUT2D eigenvalue weighted by molar-refractivity contribution is 7.87. The van der Waals surface area contributed by atoms with E-state index in [-0.39, 0.29) is 14.9 Å². The summed E-state index contributed by atoms with van der Waals surface area (Å²) >= 11 is 0. The average molecular weight is 686 g/mol. The molecular weight excluding hydrogens is 617 g/mol. The lowest BCUT2D eigenvalue weighted by molar-refractivity contribution is 0.0962. The maximum atomic E-state index is 11.5. The van der Waals surface area contributed by atoms with E-state index in [0.29, 0.717) is 30.6 Å². The highest BCUT2D eigenvalue weighted by atomic mass is 32.2. The first kappa shape index (κ1) is 40.0. The summed E-state index contributed by atoms with van der Waals surface area (Å²) in [6.07, 6.45) is 16.7. The zero-order valence-electron chi connectivity index (χ0n) is 28.6. The van der Waals surface area contributed by atoms with Gasteiger partial charge in [-0.15, -0.1) is 0 Å². The van der Waals surface area contributed by atoms with E-state index in [1.807, 2.05) is 27.7 Å². The summed E-state index contributed by atoms with van der Waals surface area (Å²) in [5.41, 5.74) is 0. The molecule has 0 aromatic carbocycles. The van der Waals surface area contributed by atoms with Crippen molar-refractivity contribution in [2.24, 2.45) is 82.9 Å². The van der Waals surface area contributed by atoms with E-state index < -0.39 is 29.7 Å². The molecule has 7 saturated carbocycles. The van der Waals surface area contributed by atoms with Crippen molar-refractivity contribution in [1.29, 1.82) is 0 Å². The number of hydrogen-bond acceptors (Lipinski definition) is 5. The lowest BCUT2D eigenvalue weighted by Gasteiger charge is -2.41. The predicted molar refractivity (Wildman–Crippen MR) is 189 cm³/mol. The molecule has 8 heteroatoms. The molecule has 6 nitrogen and oxygen atoms in total. The SMILES string of the molecule is C.C.CC.CC.CC(C)(CC1CC2CC1C1C3C=CC(C3)C21)S(=O)([O-])=[OH+].CC(C)(CC1CC2CC1C1C3CCC(C3)C21)S(=O)(=O)[O-]. The normalized spacial score (nSPS) is 44.3. The first-order valence-electron chi connectivity index (χ1n) is 18.2. The van der Waals surface area contributed by atoms with Crippen LogP contribution < -0.4 is 0 Å². The van der Waals surface area contributed by atoms with Crippen molar-refractivity contribution in [3.8, 4) is 0 Å². The van der Waals surface area contributed by atoms with Gasteiger partial charge < -0.3 is 9.11 Å². The zero-order valence-corrected chi connectivity index (χ0v) is 30.2. The van der Waals surface area contributed by atoms with Crippen molar-refractivity contribution in [3.63, 3.8) is 0 Å². The third-order valence-corrected chi connectivity index (χ3v) is 17.2. The molecule has 7 fully saturated rings. The molecule has 270 valence electrons. The largest absolute Gasteiger partial charge is 0.748 e. The van der Waals surface area contributed by atoms with E-state index in [1.165, 1.54) is 51.4 Å². The first-order valence-corrected chi connectivity index (χ1v) is 21.0. The fourth-order valence-electron chi connectivity index (χ4n) is 12.8. The van der Waals surface area contributed by atoms with E-state index in [2.05, 4.69) is 12.2 Å². The average Bonchev–Trinajstić information content (AvgIpc) is 3.80. The third kappa shape index (κ3) is 6.57. The minimum Gasteiger partial charge on any atom is -0.748 e. The molecule has 8 aliphatic carbocycles. The van der Waals surface area contributed by atoms with E-state index in [9.17, 15) is 25.9 Å². The van der Waals surface area contributed by atoms with Gasteiger partial charge in [-0.05, 0) is 175 Å². The Bertz CT molecular complexity index is 1290. The smallest absolute Gasteiger partial charge is 0.237 e. The number of hydrogen-bond donors (Lipinski definition) is 0. The Kier molecular flexibility index (Phi) is 12.2. The number of fused-ring (bicyclic) bond motifs is 18. The quantitative estimate of drug-likeness (QED) is 0.119. The first-order chi connectivity index (χ1) is 20.6. The Morgan fingerprint density at radius 3 is 1.54 bits per heavy atom. The zero-order chi connectivity index (χ0) is 32.6. The summed E-state index contributed by atoms with van der Waals surface area (Å²) in [7, 11) is -8.14. The highest BCUT2D eigenvalue weighted by Crippen LogP contribution is 2.70. The van der Waals surface area contributed by atoms with Gasteiger partial charge in [-0.25, -0.2) is 12.6 Å². The third-order valence-electron chi connectivity index (χ3n) is 14.2. The van der Waals surface area contributed by atoms with Gasteiger partial charge in [-0.1, -0.05) is 54.7 Å². The molecule has 8 rings (SSSR count). The minimum absolute atomic E-state index is 0. The van der Waals surface area contributed by atoms with Gasteiger partial charge in [0.05, 0.1) is 14.9 Å². The molecule has 0 amide bonds. The molecule has 0 spiro atoms. The van der Waals surface area contributed by atoms with Gasteiger partial charge in [-0.3, -0.25) is 0 Å². The summed E-state index contributed by atoms with van der Waals surface area (Å²) in [5.74, 6) is 11.1. The summed E-state index contributed by atoms with van der Waals surface area (Å²) < 4.78 is 64.8. The summed E-state index contributed by atoms with van der Waals surface area (Å²) in [5, 5.41) is 0. The van der Waals surface area contributed by atoms with Crippen LogP contribution >= 0.6 is 0 Å². The van der Waals surface area contributed by atoms with Gasteiger partial charge in [0.15, 0.2) is 0 Å². The summed E-state index contributed by atoms with van der Waals surface area (Å²) in [4.78, 5) is 0. The van der Waals surface area contributed by atoms with Crippen molar-refractivity contribution < 1.29 is 25.9 Å². The van der Waals surface area contributed by atoms with Gasteiger partial charge in [0, 0.05) is 0 Å². The molecule has 1 N–H and O–H groups in total. The van der Waals surface area contributed by atoms with Crippen molar-refractivity contribution in [1.82, 2.24) is 0 Å². The second-order valence-electron chi connectivity index (χ2n) is 16.8. The maximum Gasteiger partial charge on any atom is 0.237 e. The van der Waals surface area contributed by atoms with Crippen molar-refractivity contribution in [3.05, 3.63) is 12.2 Å². The van der Waals surface area contributed by atoms with E-state index in [1.54, 1.807) is 27.7 Å². The van der Waals surface area contributed by atoms with Crippen LogP contribution in [0.2, 0.25) is 0 Å². The predicted octanol–water partition coefficient (Wildman–Crippen LogP) is 9.29. The summed E-state index contributed by atoms with van der Waals surface area (Å²) in [6, 6.07) is 0. The van der Waals surface area contributed by atoms with Gasteiger partial charge in [0.1, 0.15) is 4.75 Å². The molecule has 0 aromatic rings.